The van der Waals surface area contributed by atoms with E-state index in [1.807, 2.05) is 66.3 Å². The Balaban J connectivity index is 0.000000196. The van der Waals surface area contributed by atoms with Crippen molar-refractivity contribution in [3.63, 3.8) is 0 Å². The molecule has 0 fully saturated rings. The molecular formula is C21H27N3O. The molecule has 25 heavy (non-hydrogen) atoms. The Morgan fingerprint density at radius 2 is 1.48 bits per heavy atom. The van der Waals surface area contributed by atoms with Crippen LogP contribution in [0, 0.1) is 0 Å². The van der Waals surface area contributed by atoms with Crippen LogP contribution in [0.15, 0.2) is 73.1 Å². The Bertz CT molecular complexity index is 725. The van der Waals surface area contributed by atoms with Crippen molar-refractivity contribution < 1.29 is 5.11 Å². The predicted octanol–water partition coefficient (Wildman–Crippen LogP) is 4.59. The van der Waals surface area contributed by atoms with Crippen molar-refractivity contribution in [3.05, 3.63) is 84.2 Å². The third kappa shape index (κ3) is 5.47. The van der Waals surface area contributed by atoms with Crippen molar-refractivity contribution in [2.24, 2.45) is 0 Å². The van der Waals surface area contributed by atoms with Gasteiger partial charge < -0.3 is 10.8 Å². The van der Waals surface area contributed by atoms with Gasteiger partial charge in [0, 0.05) is 6.20 Å². The SMILES string of the molecule is CC[C@@H](O)c1ccccc1.CC[C@@H](c1ccccc1)n1cc(N)cn1. The molecule has 0 aliphatic rings. The highest BCUT2D eigenvalue weighted by Gasteiger charge is 2.11. The Morgan fingerprint density at radius 3 is 1.92 bits per heavy atom. The van der Waals surface area contributed by atoms with Gasteiger partial charge in [-0.15, -0.1) is 0 Å². The van der Waals surface area contributed by atoms with Crippen molar-refractivity contribution in [3.8, 4) is 0 Å². The number of nitrogens with zero attached hydrogens (tertiary/aromatic N) is 2. The number of anilines is 1. The Morgan fingerprint density at radius 1 is 0.920 bits per heavy atom. The van der Waals surface area contributed by atoms with Crippen LogP contribution in [-0.2, 0) is 0 Å². The topological polar surface area (TPSA) is 64.1 Å². The molecule has 0 radical (unpaired) electrons. The predicted molar refractivity (Wildman–Crippen MR) is 103 cm³/mol. The number of hydrogen-bond acceptors (Lipinski definition) is 3. The highest BCUT2D eigenvalue weighted by molar-refractivity contribution is 5.31. The van der Waals surface area contributed by atoms with E-state index in [1.54, 1.807) is 6.20 Å². The molecule has 4 heteroatoms. The number of benzene rings is 2. The number of nitrogens with two attached hydrogens (primary N) is 1. The van der Waals surface area contributed by atoms with Crippen LogP contribution in [0.3, 0.4) is 0 Å². The summed E-state index contributed by atoms with van der Waals surface area (Å²) in [5.74, 6) is 0. The highest BCUT2D eigenvalue weighted by Crippen LogP contribution is 2.21. The van der Waals surface area contributed by atoms with E-state index < -0.39 is 0 Å². The molecule has 0 spiro atoms. The first kappa shape index (κ1) is 18.7. The largest absolute Gasteiger partial charge is 0.396 e. The normalized spacial score (nSPS) is 12.8. The summed E-state index contributed by atoms with van der Waals surface area (Å²) < 4.78 is 1.92. The van der Waals surface area contributed by atoms with Crippen LogP contribution >= 0.6 is 0 Å². The molecule has 2 atom stereocenters. The molecule has 0 unspecified atom stereocenters. The summed E-state index contributed by atoms with van der Waals surface area (Å²) in [6, 6.07) is 20.3. The Labute approximate surface area is 149 Å². The van der Waals surface area contributed by atoms with E-state index in [-0.39, 0.29) is 12.1 Å². The lowest BCUT2D eigenvalue weighted by atomic mass is 10.1. The van der Waals surface area contributed by atoms with Gasteiger partial charge in [-0.3, -0.25) is 4.68 Å². The molecule has 1 aromatic heterocycles. The second kappa shape index (κ2) is 9.64. The first-order valence-corrected chi connectivity index (χ1v) is 8.73. The number of hydrogen-bond donors (Lipinski definition) is 2. The zero-order chi connectivity index (χ0) is 18.1. The van der Waals surface area contributed by atoms with Gasteiger partial charge in [0.2, 0.25) is 0 Å². The van der Waals surface area contributed by atoms with Crippen molar-refractivity contribution in [2.75, 3.05) is 5.73 Å². The lowest BCUT2D eigenvalue weighted by molar-refractivity contribution is 0.173. The van der Waals surface area contributed by atoms with Gasteiger partial charge in [0.15, 0.2) is 0 Å². The number of aliphatic hydroxyl groups is 1. The molecule has 0 saturated heterocycles. The summed E-state index contributed by atoms with van der Waals surface area (Å²) in [6.45, 7) is 4.12. The van der Waals surface area contributed by atoms with Crippen molar-refractivity contribution in [1.82, 2.24) is 9.78 Å². The molecule has 3 aromatic rings. The highest BCUT2D eigenvalue weighted by atomic mass is 16.3. The summed E-state index contributed by atoms with van der Waals surface area (Å²) >= 11 is 0. The fourth-order valence-corrected chi connectivity index (χ4v) is 2.68. The number of aromatic nitrogens is 2. The lowest BCUT2D eigenvalue weighted by Gasteiger charge is -2.15. The van der Waals surface area contributed by atoms with Gasteiger partial charge >= 0.3 is 0 Å². The van der Waals surface area contributed by atoms with E-state index in [2.05, 4.69) is 24.2 Å². The van der Waals surface area contributed by atoms with Gasteiger partial charge in [-0.2, -0.15) is 5.10 Å². The average Bonchev–Trinajstić information content (AvgIpc) is 3.10. The quantitative estimate of drug-likeness (QED) is 0.715. The van der Waals surface area contributed by atoms with Crippen LogP contribution < -0.4 is 5.73 Å². The van der Waals surface area contributed by atoms with Crippen LogP contribution in [0.4, 0.5) is 5.69 Å². The maximum atomic E-state index is 9.33. The molecule has 3 rings (SSSR count). The van der Waals surface area contributed by atoms with Crippen LogP contribution in [-0.4, -0.2) is 14.9 Å². The van der Waals surface area contributed by atoms with Gasteiger partial charge in [-0.25, -0.2) is 0 Å². The molecule has 2 aromatic carbocycles. The lowest BCUT2D eigenvalue weighted by Crippen LogP contribution is -2.09. The molecule has 0 bridgehead atoms. The van der Waals surface area contributed by atoms with E-state index >= 15 is 0 Å². The van der Waals surface area contributed by atoms with Crippen molar-refractivity contribution >= 4 is 5.69 Å². The summed E-state index contributed by atoms with van der Waals surface area (Å²) in [6.07, 6.45) is 5.06. The standard InChI is InChI=1S/C12H15N3.C9H12O/c1-2-12(10-6-4-3-5-7-10)15-9-11(13)8-14-15;1-2-9(10)8-6-4-3-5-7-8/h3-9,12H,2,13H2,1H3;3-7,9-10H,2H2,1H3/t12-;9-/m01/s1. The third-order valence-electron chi connectivity index (χ3n) is 4.08. The third-order valence-corrected chi connectivity index (χ3v) is 4.08. The summed E-state index contributed by atoms with van der Waals surface area (Å²) in [5.41, 5.74) is 8.65. The second-order valence-corrected chi connectivity index (χ2v) is 5.92. The summed E-state index contributed by atoms with van der Waals surface area (Å²) in [7, 11) is 0. The molecule has 4 nitrogen and oxygen atoms in total. The minimum atomic E-state index is -0.291. The van der Waals surface area contributed by atoms with Gasteiger partial charge in [0.05, 0.1) is 24.0 Å². The first-order valence-electron chi connectivity index (χ1n) is 8.73. The second-order valence-electron chi connectivity index (χ2n) is 5.92. The van der Waals surface area contributed by atoms with Gasteiger partial charge in [0.1, 0.15) is 0 Å². The Kier molecular flexibility index (Phi) is 7.23. The molecular weight excluding hydrogens is 310 g/mol. The maximum Gasteiger partial charge on any atom is 0.0787 e. The summed E-state index contributed by atoms with van der Waals surface area (Å²) in [5, 5.41) is 13.6. The molecule has 0 aliphatic heterocycles. The average molecular weight is 337 g/mol. The number of aliphatic hydroxyl groups excluding tert-OH is 1. The minimum Gasteiger partial charge on any atom is -0.396 e. The van der Waals surface area contributed by atoms with Crippen LogP contribution in [0.2, 0.25) is 0 Å². The van der Waals surface area contributed by atoms with Gasteiger partial charge in [-0.05, 0) is 24.0 Å². The maximum absolute atomic E-state index is 9.33. The van der Waals surface area contributed by atoms with Crippen LogP contribution in [0.1, 0.15) is 50.0 Å². The van der Waals surface area contributed by atoms with Crippen LogP contribution in [0.5, 0.6) is 0 Å². The number of nitrogen functional groups attached to an aromatic ring is 1. The van der Waals surface area contributed by atoms with Gasteiger partial charge in [-0.1, -0.05) is 74.5 Å². The zero-order valence-corrected chi connectivity index (χ0v) is 14.9. The minimum absolute atomic E-state index is 0.281. The van der Waals surface area contributed by atoms with E-state index in [9.17, 15) is 5.11 Å². The van der Waals surface area contributed by atoms with Crippen LogP contribution in [0.25, 0.3) is 0 Å². The summed E-state index contributed by atoms with van der Waals surface area (Å²) in [4.78, 5) is 0. The smallest absolute Gasteiger partial charge is 0.0787 e. The first-order chi connectivity index (χ1) is 12.2. The van der Waals surface area contributed by atoms with E-state index in [1.165, 1.54) is 5.56 Å². The van der Waals surface area contributed by atoms with Gasteiger partial charge in [0.25, 0.3) is 0 Å². The van der Waals surface area contributed by atoms with E-state index in [4.69, 9.17) is 5.73 Å². The molecule has 0 aliphatic carbocycles. The van der Waals surface area contributed by atoms with E-state index in [0.29, 0.717) is 5.69 Å². The Hall–Kier alpha value is -2.59. The van der Waals surface area contributed by atoms with Crippen molar-refractivity contribution in [2.45, 2.75) is 38.8 Å². The monoisotopic (exact) mass is 337 g/mol. The molecule has 1 heterocycles. The molecule has 0 saturated carbocycles. The molecule has 0 amide bonds. The molecule has 132 valence electrons. The van der Waals surface area contributed by atoms with Crippen molar-refractivity contribution in [1.29, 1.82) is 0 Å². The fourth-order valence-electron chi connectivity index (χ4n) is 2.68. The molecule has 3 N–H and O–H groups in total. The van der Waals surface area contributed by atoms with E-state index in [0.717, 1.165) is 18.4 Å². The fraction of sp³-hybridized carbons (Fsp3) is 0.286. The zero-order valence-electron chi connectivity index (χ0n) is 14.9. The number of rotatable bonds is 5.